The van der Waals surface area contributed by atoms with E-state index in [1.807, 2.05) is 0 Å². The molecule has 1 N–H and O–H groups in total. The zero-order valence-electron chi connectivity index (χ0n) is 9.50. The number of ether oxygens (including phenoxy) is 1. The molecule has 3 heteroatoms. The second-order valence-electron chi connectivity index (χ2n) is 4.97. The van der Waals surface area contributed by atoms with Crippen LogP contribution < -0.4 is 5.32 Å². The van der Waals surface area contributed by atoms with Crippen molar-refractivity contribution in [2.24, 2.45) is 5.92 Å². The molecule has 86 valence electrons. The minimum atomic E-state index is -0.163. The largest absolute Gasteiger partial charge is 0.368 e. The van der Waals surface area contributed by atoms with Crippen LogP contribution in [0.25, 0.3) is 0 Å². The van der Waals surface area contributed by atoms with Gasteiger partial charge in [0.15, 0.2) is 0 Å². The van der Waals surface area contributed by atoms with Crippen molar-refractivity contribution in [3.63, 3.8) is 0 Å². The van der Waals surface area contributed by atoms with E-state index >= 15 is 0 Å². The molecule has 1 heterocycles. The molecule has 1 saturated carbocycles. The van der Waals surface area contributed by atoms with E-state index in [1.165, 1.54) is 12.8 Å². The average molecular weight is 211 g/mol. The summed E-state index contributed by atoms with van der Waals surface area (Å²) < 4.78 is 5.37. The summed E-state index contributed by atoms with van der Waals surface area (Å²) in [6.45, 7) is 3.04. The molecule has 15 heavy (non-hydrogen) atoms. The first-order chi connectivity index (χ1) is 7.25. The molecular formula is C12H21NO2. The third-order valence-electron chi connectivity index (χ3n) is 3.58. The van der Waals surface area contributed by atoms with Gasteiger partial charge in [0, 0.05) is 12.6 Å². The molecule has 1 atom stereocenters. The summed E-state index contributed by atoms with van der Waals surface area (Å²) in [5.41, 5.74) is 0. The summed E-state index contributed by atoms with van der Waals surface area (Å²) in [4.78, 5) is 11.8. The van der Waals surface area contributed by atoms with Crippen molar-refractivity contribution in [3.8, 4) is 0 Å². The van der Waals surface area contributed by atoms with Gasteiger partial charge in [-0.25, -0.2) is 0 Å². The Kier molecular flexibility index (Phi) is 3.62. The highest BCUT2D eigenvalue weighted by Gasteiger charge is 2.26. The molecule has 0 aromatic carbocycles. The lowest BCUT2D eigenvalue weighted by Gasteiger charge is -2.27. The van der Waals surface area contributed by atoms with E-state index in [0.717, 1.165) is 38.2 Å². The standard InChI is InChI=1S/C12H21NO2/c1-9-4-6-10(7-5-9)13-12(14)11-3-2-8-15-11/h9-11H,2-8H2,1H3,(H,13,14)/t9-,10+,11?. The van der Waals surface area contributed by atoms with Crippen molar-refractivity contribution in [1.29, 1.82) is 0 Å². The number of carbonyl (C=O) groups excluding carboxylic acids is 1. The van der Waals surface area contributed by atoms with Crippen LogP contribution in [-0.2, 0) is 9.53 Å². The lowest BCUT2D eigenvalue weighted by molar-refractivity contribution is -0.131. The smallest absolute Gasteiger partial charge is 0.249 e. The predicted octanol–water partition coefficient (Wildman–Crippen LogP) is 1.86. The third kappa shape index (κ3) is 2.94. The van der Waals surface area contributed by atoms with Gasteiger partial charge >= 0.3 is 0 Å². The van der Waals surface area contributed by atoms with E-state index in [0.29, 0.717) is 6.04 Å². The fraction of sp³-hybridized carbons (Fsp3) is 0.917. The van der Waals surface area contributed by atoms with Crippen LogP contribution in [0.15, 0.2) is 0 Å². The van der Waals surface area contributed by atoms with Crippen molar-refractivity contribution in [3.05, 3.63) is 0 Å². The van der Waals surface area contributed by atoms with Crippen LogP contribution in [-0.4, -0.2) is 24.7 Å². The molecule has 2 aliphatic rings. The van der Waals surface area contributed by atoms with Crippen LogP contribution >= 0.6 is 0 Å². The third-order valence-corrected chi connectivity index (χ3v) is 3.58. The lowest BCUT2D eigenvalue weighted by Crippen LogP contribution is -2.42. The second kappa shape index (κ2) is 4.97. The maximum absolute atomic E-state index is 11.8. The number of hydrogen-bond donors (Lipinski definition) is 1. The summed E-state index contributed by atoms with van der Waals surface area (Å²) in [7, 11) is 0. The Morgan fingerprint density at radius 1 is 1.20 bits per heavy atom. The van der Waals surface area contributed by atoms with Gasteiger partial charge in [0.2, 0.25) is 5.91 Å². The molecule has 3 nitrogen and oxygen atoms in total. The molecule has 2 fully saturated rings. The van der Waals surface area contributed by atoms with Gasteiger partial charge in [-0.15, -0.1) is 0 Å². The van der Waals surface area contributed by atoms with Gasteiger partial charge < -0.3 is 10.1 Å². The van der Waals surface area contributed by atoms with E-state index in [9.17, 15) is 4.79 Å². The fourth-order valence-electron chi connectivity index (χ4n) is 2.48. The quantitative estimate of drug-likeness (QED) is 0.757. The SMILES string of the molecule is C[C@H]1CC[C@@H](NC(=O)C2CCCO2)CC1. The zero-order chi connectivity index (χ0) is 10.7. The molecule has 0 spiro atoms. The predicted molar refractivity (Wildman–Crippen MR) is 58.5 cm³/mol. The van der Waals surface area contributed by atoms with E-state index in [-0.39, 0.29) is 12.0 Å². The Morgan fingerprint density at radius 3 is 2.53 bits per heavy atom. The molecular weight excluding hydrogens is 190 g/mol. The number of nitrogens with one attached hydrogen (secondary N) is 1. The van der Waals surface area contributed by atoms with Crippen molar-refractivity contribution in [2.45, 2.75) is 57.6 Å². The van der Waals surface area contributed by atoms with Gasteiger partial charge in [-0.05, 0) is 44.4 Å². The van der Waals surface area contributed by atoms with Crippen molar-refractivity contribution < 1.29 is 9.53 Å². The van der Waals surface area contributed by atoms with E-state index in [1.54, 1.807) is 0 Å². The van der Waals surface area contributed by atoms with Crippen molar-refractivity contribution in [2.75, 3.05) is 6.61 Å². The monoisotopic (exact) mass is 211 g/mol. The van der Waals surface area contributed by atoms with Gasteiger partial charge in [-0.2, -0.15) is 0 Å². The number of amides is 1. The molecule has 0 bridgehead atoms. The second-order valence-corrected chi connectivity index (χ2v) is 4.97. The number of carbonyl (C=O) groups is 1. The molecule has 0 aromatic heterocycles. The molecule has 0 aromatic rings. The summed E-state index contributed by atoms with van der Waals surface area (Å²) in [6.07, 6.45) is 6.53. The van der Waals surface area contributed by atoms with Crippen LogP contribution in [0.5, 0.6) is 0 Å². The van der Waals surface area contributed by atoms with Crippen LogP contribution in [0.2, 0.25) is 0 Å². The molecule has 1 saturated heterocycles. The minimum Gasteiger partial charge on any atom is -0.368 e. The first kappa shape index (κ1) is 10.9. The van der Waals surface area contributed by atoms with Gasteiger partial charge in [0.25, 0.3) is 0 Å². The first-order valence-electron chi connectivity index (χ1n) is 6.17. The Bertz CT molecular complexity index is 216. The Morgan fingerprint density at radius 2 is 1.93 bits per heavy atom. The Hall–Kier alpha value is -0.570. The molecule has 1 amide bonds. The lowest BCUT2D eigenvalue weighted by atomic mass is 9.87. The van der Waals surface area contributed by atoms with Crippen LogP contribution in [0.4, 0.5) is 0 Å². The van der Waals surface area contributed by atoms with Gasteiger partial charge in [0.05, 0.1) is 0 Å². The highest BCUT2D eigenvalue weighted by atomic mass is 16.5. The molecule has 0 radical (unpaired) electrons. The number of rotatable bonds is 2. The van der Waals surface area contributed by atoms with E-state index < -0.39 is 0 Å². The van der Waals surface area contributed by atoms with Crippen molar-refractivity contribution >= 4 is 5.91 Å². The normalized spacial score (nSPS) is 36.5. The first-order valence-corrected chi connectivity index (χ1v) is 6.17. The van der Waals surface area contributed by atoms with Crippen LogP contribution in [0.1, 0.15) is 45.4 Å². The van der Waals surface area contributed by atoms with E-state index in [4.69, 9.17) is 4.74 Å². The molecule has 1 unspecified atom stereocenters. The maximum atomic E-state index is 11.8. The average Bonchev–Trinajstić information content (AvgIpc) is 2.74. The molecule has 2 rings (SSSR count). The van der Waals surface area contributed by atoms with Gasteiger partial charge in [-0.3, -0.25) is 4.79 Å². The maximum Gasteiger partial charge on any atom is 0.249 e. The number of hydrogen-bond acceptors (Lipinski definition) is 2. The summed E-state index contributed by atoms with van der Waals surface area (Å²) >= 11 is 0. The minimum absolute atomic E-state index is 0.118. The Balaban J connectivity index is 1.74. The summed E-state index contributed by atoms with van der Waals surface area (Å²) in [5, 5.41) is 3.12. The topological polar surface area (TPSA) is 38.3 Å². The summed E-state index contributed by atoms with van der Waals surface area (Å²) in [5.74, 6) is 0.952. The molecule has 1 aliphatic heterocycles. The summed E-state index contributed by atoms with van der Waals surface area (Å²) in [6, 6.07) is 0.401. The molecule has 1 aliphatic carbocycles. The highest BCUT2D eigenvalue weighted by molar-refractivity contribution is 5.81. The Labute approximate surface area is 91.6 Å². The van der Waals surface area contributed by atoms with Crippen LogP contribution in [0, 0.1) is 5.92 Å². The van der Waals surface area contributed by atoms with Crippen molar-refractivity contribution in [1.82, 2.24) is 5.32 Å². The van der Waals surface area contributed by atoms with Crippen LogP contribution in [0.3, 0.4) is 0 Å². The highest BCUT2D eigenvalue weighted by Crippen LogP contribution is 2.23. The van der Waals surface area contributed by atoms with E-state index in [2.05, 4.69) is 12.2 Å². The zero-order valence-corrected chi connectivity index (χ0v) is 9.50. The fourth-order valence-corrected chi connectivity index (χ4v) is 2.48. The van der Waals surface area contributed by atoms with Gasteiger partial charge in [-0.1, -0.05) is 6.92 Å². The van der Waals surface area contributed by atoms with Gasteiger partial charge in [0.1, 0.15) is 6.10 Å².